The fourth-order valence-electron chi connectivity index (χ4n) is 9.74. The molecule has 5 aliphatic heterocycles. The molecule has 5 fully saturated rings. The lowest BCUT2D eigenvalue weighted by Crippen LogP contribution is -2.58. The number of methoxy groups -OCH3 is 1. The van der Waals surface area contributed by atoms with Crippen molar-refractivity contribution in [3.05, 3.63) is 95.6 Å². The summed E-state index contributed by atoms with van der Waals surface area (Å²) in [6.45, 7) is 4.74. The first-order valence-corrected chi connectivity index (χ1v) is 19.2. The molecular weight excluding hydrogens is 654 g/mol. The van der Waals surface area contributed by atoms with Gasteiger partial charge in [0.2, 0.25) is 11.5 Å². The summed E-state index contributed by atoms with van der Waals surface area (Å²) >= 11 is 0. The molecule has 5 unspecified atom stereocenters. The number of amides is 2. The molecule has 0 radical (unpaired) electrons. The van der Waals surface area contributed by atoms with Gasteiger partial charge in [-0.15, -0.1) is 0 Å². The number of benzene rings is 3. The van der Waals surface area contributed by atoms with Crippen molar-refractivity contribution in [3.8, 4) is 11.5 Å². The lowest BCUT2D eigenvalue weighted by atomic mass is 9.88. The van der Waals surface area contributed by atoms with Gasteiger partial charge in [-0.1, -0.05) is 65.8 Å². The van der Waals surface area contributed by atoms with E-state index in [4.69, 9.17) is 14.3 Å². The standard InChI is InChI=1S/C42H49N5O5/c1-50-38-17-16-31(18-39(38)51-36-14-8-9-15-36)37-21-42(52-43-37,41(49)47-28-33-20-35(47)26-45(33)24-30-12-6-3-7-13-30)22-40(48)46-27-32-19-34(46)25-44(32)23-29-10-4-2-5-11-29/h2-7,10-13,16-18,32-36H,8-9,14-15,19-28H2,1H3. The molecule has 6 aliphatic rings. The van der Waals surface area contributed by atoms with Crippen molar-refractivity contribution < 1.29 is 23.9 Å². The summed E-state index contributed by atoms with van der Waals surface area (Å²) in [6.07, 6.45) is 6.65. The largest absolute Gasteiger partial charge is 0.493 e. The average molecular weight is 704 g/mol. The number of carbonyl (C=O) groups excluding carboxylic acids is 2. The van der Waals surface area contributed by atoms with Crippen LogP contribution in [0.4, 0.5) is 0 Å². The molecule has 4 saturated heterocycles. The van der Waals surface area contributed by atoms with Crippen molar-refractivity contribution in [1.29, 1.82) is 0 Å². The van der Waals surface area contributed by atoms with Crippen LogP contribution in [0, 0.1) is 0 Å². The van der Waals surface area contributed by atoms with Gasteiger partial charge in [0, 0.05) is 75.4 Å². The Balaban J connectivity index is 0.932. The van der Waals surface area contributed by atoms with Crippen molar-refractivity contribution in [2.45, 2.75) is 100 Å². The fraction of sp³-hybridized carbons (Fsp3) is 0.500. The number of hydrogen-bond acceptors (Lipinski definition) is 8. The smallest absolute Gasteiger partial charge is 0.270 e. The Kier molecular flexibility index (Phi) is 8.91. The Bertz CT molecular complexity index is 1820. The molecule has 10 nitrogen and oxygen atoms in total. The number of likely N-dealkylation sites (tertiary alicyclic amines) is 4. The molecule has 10 heteroatoms. The number of ether oxygens (including phenoxy) is 2. The highest BCUT2D eigenvalue weighted by atomic mass is 16.7. The van der Waals surface area contributed by atoms with E-state index in [0.29, 0.717) is 36.3 Å². The van der Waals surface area contributed by atoms with Gasteiger partial charge < -0.3 is 24.1 Å². The SMILES string of the molecule is COc1ccc(C2=NOC(CC(=O)N3CC4CC3CN4Cc3ccccc3)(C(=O)N3CC4CC3CN4Cc3ccccc3)C2)cc1OC1CCCC1. The zero-order chi connectivity index (χ0) is 35.2. The number of hydrogen-bond donors (Lipinski definition) is 0. The molecule has 52 heavy (non-hydrogen) atoms. The third kappa shape index (κ3) is 6.34. The second-order valence-corrected chi connectivity index (χ2v) is 15.8. The summed E-state index contributed by atoms with van der Waals surface area (Å²) in [5, 5.41) is 4.58. The molecule has 0 spiro atoms. The Morgan fingerprint density at radius 3 is 1.96 bits per heavy atom. The predicted octanol–water partition coefficient (Wildman–Crippen LogP) is 5.24. The third-order valence-corrected chi connectivity index (χ3v) is 12.4. The maximum Gasteiger partial charge on any atom is 0.270 e. The maximum absolute atomic E-state index is 14.8. The van der Waals surface area contributed by atoms with Gasteiger partial charge in [0.25, 0.3) is 5.91 Å². The quantitative estimate of drug-likeness (QED) is 0.270. The summed E-state index contributed by atoms with van der Waals surface area (Å²) in [6, 6.07) is 27.7. The summed E-state index contributed by atoms with van der Waals surface area (Å²) in [7, 11) is 1.65. The summed E-state index contributed by atoms with van der Waals surface area (Å²) in [4.78, 5) is 44.5. The van der Waals surface area contributed by atoms with Gasteiger partial charge in [0.15, 0.2) is 11.5 Å². The molecule has 5 heterocycles. The van der Waals surface area contributed by atoms with Gasteiger partial charge in [-0.2, -0.15) is 0 Å². The van der Waals surface area contributed by atoms with Crippen LogP contribution >= 0.6 is 0 Å². The molecule has 9 rings (SSSR count). The van der Waals surface area contributed by atoms with Gasteiger partial charge in [-0.25, -0.2) is 0 Å². The van der Waals surface area contributed by atoms with Crippen molar-refractivity contribution >= 4 is 17.5 Å². The van der Waals surface area contributed by atoms with Crippen LogP contribution in [0.25, 0.3) is 0 Å². The summed E-state index contributed by atoms with van der Waals surface area (Å²) in [5.74, 6) is 1.22. The normalized spacial score (nSPS) is 28.4. The first kappa shape index (κ1) is 33.4. The minimum Gasteiger partial charge on any atom is -0.493 e. The van der Waals surface area contributed by atoms with Gasteiger partial charge >= 0.3 is 0 Å². The Labute approximate surface area is 306 Å². The first-order chi connectivity index (χ1) is 25.4. The van der Waals surface area contributed by atoms with E-state index in [1.165, 1.54) is 11.1 Å². The average Bonchev–Trinajstić information content (AvgIpc) is 4.03. The van der Waals surface area contributed by atoms with Crippen LogP contribution in [0.3, 0.4) is 0 Å². The number of piperazine rings is 2. The van der Waals surface area contributed by atoms with E-state index in [2.05, 4.69) is 63.5 Å². The monoisotopic (exact) mass is 703 g/mol. The Morgan fingerprint density at radius 2 is 1.38 bits per heavy atom. The number of fused-ring (bicyclic) bond motifs is 4. The lowest BCUT2D eigenvalue weighted by Gasteiger charge is -2.39. The van der Waals surface area contributed by atoms with Crippen molar-refractivity contribution in [1.82, 2.24) is 19.6 Å². The summed E-state index contributed by atoms with van der Waals surface area (Å²) in [5.41, 5.74) is 2.67. The zero-order valence-electron chi connectivity index (χ0n) is 30.1. The third-order valence-electron chi connectivity index (χ3n) is 12.4. The molecule has 3 aromatic carbocycles. The van der Waals surface area contributed by atoms with Crippen LogP contribution in [-0.2, 0) is 27.5 Å². The van der Waals surface area contributed by atoms with Crippen LogP contribution in [0.15, 0.2) is 84.0 Å². The highest BCUT2D eigenvalue weighted by molar-refractivity contribution is 6.07. The summed E-state index contributed by atoms with van der Waals surface area (Å²) < 4.78 is 12.1. The minimum atomic E-state index is -1.39. The van der Waals surface area contributed by atoms with Gasteiger partial charge in [-0.05, 0) is 67.9 Å². The molecule has 5 atom stereocenters. The van der Waals surface area contributed by atoms with E-state index in [1.807, 2.05) is 40.1 Å². The Hall–Kier alpha value is -4.41. The van der Waals surface area contributed by atoms with Gasteiger partial charge in [0.05, 0.1) is 25.3 Å². The fourth-order valence-corrected chi connectivity index (χ4v) is 9.74. The van der Waals surface area contributed by atoms with Crippen LogP contribution in [0.5, 0.6) is 11.5 Å². The minimum absolute atomic E-state index is 0.0216. The molecule has 4 bridgehead atoms. The van der Waals surface area contributed by atoms with Crippen LogP contribution in [0.2, 0.25) is 0 Å². The predicted molar refractivity (Wildman–Crippen MR) is 197 cm³/mol. The molecule has 0 N–H and O–H groups in total. The van der Waals surface area contributed by atoms with E-state index in [0.717, 1.165) is 70.3 Å². The molecule has 3 aromatic rings. The van der Waals surface area contributed by atoms with Crippen LogP contribution in [0.1, 0.15) is 68.1 Å². The molecular formula is C42H49N5O5. The van der Waals surface area contributed by atoms with E-state index in [-0.39, 0.29) is 48.9 Å². The topological polar surface area (TPSA) is 87.1 Å². The number of rotatable bonds is 11. The first-order valence-electron chi connectivity index (χ1n) is 19.2. The van der Waals surface area contributed by atoms with Crippen molar-refractivity contribution in [2.75, 3.05) is 33.3 Å². The zero-order valence-corrected chi connectivity index (χ0v) is 30.1. The van der Waals surface area contributed by atoms with E-state index < -0.39 is 5.60 Å². The second-order valence-electron chi connectivity index (χ2n) is 15.8. The molecule has 0 aromatic heterocycles. The molecule has 1 saturated carbocycles. The molecule has 272 valence electrons. The molecule has 2 amide bonds. The maximum atomic E-state index is 14.8. The second kappa shape index (κ2) is 13.9. The van der Waals surface area contributed by atoms with Gasteiger partial charge in [-0.3, -0.25) is 19.4 Å². The van der Waals surface area contributed by atoms with E-state index >= 15 is 0 Å². The van der Waals surface area contributed by atoms with Crippen molar-refractivity contribution in [2.24, 2.45) is 5.16 Å². The lowest BCUT2D eigenvalue weighted by molar-refractivity contribution is -0.164. The highest BCUT2D eigenvalue weighted by Crippen LogP contribution is 2.41. The molecule has 1 aliphatic carbocycles. The number of carbonyl (C=O) groups is 2. The van der Waals surface area contributed by atoms with Crippen molar-refractivity contribution in [3.63, 3.8) is 0 Å². The van der Waals surface area contributed by atoms with Gasteiger partial charge in [0.1, 0.15) is 0 Å². The number of nitrogens with zero attached hydrogens (tertiary/aromatic N) is 5. The van der Waals surface area contributed by atoms with E-state index in [9.17, 15) is 9.59 Å². The van der Waals surface area contributed by atoms with Crippen LogP contribution < -0.4 is 9.47 Å². The van der Waals surface area contributed by atoms with E-state index in [1.54, 1.807) is 7.11 Å². The number of oxime groups is 1. The highest BCUT2D eigenvalue weighted by Gasteiger charge is 2.57. The van der Waals surface area contributed by atoms with Crippen LogP contribution in [-0.4, -0.2) is 106 Å². The Morgan fingerprint density at radius 1 is 0.769 bits per heavy atom.